The maximum absolute atomic E-state index is 12.7. The first-order chi connectivity index (χ1) is 12.5. The van der Waals surface area contributed by atoms with E-state index in [1.54, 1.807) is 12.1 Å². The highest BCUT2D eigenvalue weighted by molar-refractivity contribution is 7.87. The molecule has 0 unspecified atom stereocenters. The van der Waals surface area contributed by atoms with Gasteiger partial charge in [0.25, 0.3) is 10.1 Å². The van der Waals surface area contributed by atoms with Gasteiger partial charge in [0.05, 0.1) is 6.61 Å². The van der Waals surface area contributed by atoms with Crippen LogP contribution >= 0.6 is 0 Å². The largest absolute Gasteiger partial charge is 0.377 e. The summed E-state index contributed by atoms with van der Waals surface area (Å²) < 4.78 is 30.6. The molecule has 0 aromatic heterocycles. The van der Waals surface area contributed by atoms with Crippen molar-refractivity contribution < 1.29 is 12.6 Å². The van der Waals surface area contributed by atoms with Crippen LogP contribution in [0.4, 0.5) is 5.69 Å². The molecule has 0 amide bonds. The Morgan fingerprint density at radius 3 is 2.15 bits per heavy atom. The Morgan fingerprint density at radius 2 is 1.46 bits per heavy atom. The molecule has 0 radical (unpaired) electrons. The molecule has 0 bridgehead atoms. The van der Waals surface area contributed by atoms with E-state index < -0.39 is 10.1 Å². The Hall–Kier alpha value is -1.59. The lowest BCUT2D eigenvalue weighted by molar-refractivity contribution is 0.306. The fraction of sp³-hybridized carbons (Fsp3) is 0.524. The van der Waals surface area contributed by atoms with Crippen LogP contribution in [0.25, 0.3) is 10.8 Å². The predicted octanol–water partition coefficient (Wildman–Crippen LogP) is 5.36. The third-order valence-electron chi connectivity index (χ3n) is 4.60. The van der Waals surface area contributed by atoms with Crippen molar-refractivity contribution in [2.24, 2.45) is 0 Å². The highest BCUT2D eigenvalue weighted by Crippen LogP contribution is 2.31. The van der Waals surface area contributed by atoms with Gasteiger partial charge in [-0.25, -0.2) is 0 Å². The molecular formula is C21H31NO3S. The second-order valence-electron chi connectivity index (χ2n) is 6.92. The van der Waals surface area contributed by atoms with Crippen LogP contribution in [0.2, 0.25) is 0 Å². The normalized spacial score (nSPS) is 11.8. The lowest BCUT2D eigenvalue weighted by Gasteiger charge is -2.16. The van der Waals surface area contributed by atoms with Gasteiger partial charge in [-0.05, 0) is 18.6 Å². The first kappa shape index (κ1) is 20.7. The van der Waals surface area contributed by atoms with E-state index in [0.717, 1.165) is 30.3 Å². The number of nitrogens with zero attached hydrogens (tertiary/aromatic N) is 1. The van der Waals surface area contributed by atoms with Gasteiger partial charge >= 0.3 is 0 Å². The number of unbranched alkanes of at least 4 members (excludes halogenated alkanes) is 6. The molecule has 2 aromatic carbocycles. The van der Waals surface area contributed by atoms with Gasteiger partial charge in [-0.3, -0.25) is 4.18 Å². The van der Waals surface area contributed by atoms with Crippen LogP contribution in [0, 0.1) is 0 Å². The van der Waals surface area contributed by atoms with E-state index in [0.29, 0.717) is 5.39 Å². The second kappa shape index (κ2) is 9.93. The minimum Gasteiger partial charge on any atom is -0.377 e. The fourth-order valence-corrected chi connectivity index (χ4v) is 4.32. The van der Waals surface area contributed by atoms with Crippen LogP contribution in [0.1, 0.15) is 51.9 Å². The molecule has 0 aliphatic carbocycles. The Labute approximate surface area is 158 Å². The molecule has 2 rings (SSSR count). The van der Waals surface area contributed by atoms with Crippen LogP contribution in [0.5, 0.6) is 0 Å². The van der Waals surface area contributed by atoms with Gasteiger partial charge in [0.15, 0.2) is 0 Å². The van der Waals surface area contributed by atoms with Gasteiger partial charge in [0.1, 0.15) is 4.90 Å². The summed E-state index contributed by atoms with van der Waals surface area (Å²) in [5, 5.41) is 1.62. The predicted molar refractivity (Wildman–Crippen MR) is 109 cm³/mol. The molecule has 0 saturated heterocycles. The summed E-state index contributed by atoms with van der Waals surface area (Å²) in [6.07, 6.45) is 7.93. The molecule has 144 valence electrons. The number of hydrogen-bond acceptors (Lipinski definition) is 4. The summed E-state index contributed by atoms with van der Waals surface area (Å²) >= 11 is 0. The summed E-state index contributed by atoms with van der Waals surface area (Å²) in [6.45, 7) is 2.45. The molecule has 0 fully saturated rings. The molecule has 5 heteroatoms. The van der Waals surface area contributed by atoms with Gasteiger partial charge in [0.2, 0.25) is 0 Å². The lowest BCUT2D eigenvalue weighted by atomic mass is 10.1. The van der Waals surface area contributed by atoms with Crippen LogP contribution in [0.3, 0.4) is 0 Å². The first-order valence-corrected chi connectivity index (χ1v) is 11.0. The monoisotopic (exact) mass is 377 g/mol. The molecule has 0 aliphatic heterocycles. The van der Waals surface area contributed by atoms with E-state index in [9.17, 15) is 8.42 Å². The van der Waals surface area contributed by atoms with Gasteiger partial charge in [-0.2, -0.15) is 8.42 Å². The number of hydrogen-bond donors (Lipinski definition) is 0. The topological polar surface area (TPSA) is 46.6 Å². The third-order valence-corrected chi connectivity index (χ3v) is 5.97. The van der Waals surface area contributed by atoms with Gasteiger partial charge in [-0.1, -0.05) is 69.7 Å². The second-order valence-corrected chi connectivity index (χ2v) is 8.50. The molecule has 2 aromatic rings. The van der Waals surface area contributed by atoms with Crippen molar-refractivity contribution in [2.45, 2.75) is 56.8 Å². The molecule has 0 N–H and O–H groups in total. The van der Waals surface area contributed by atoms with E-state index in [2.05, 4.69) is 6.92 Å². The van der Waals surface area contributed by atoms with Gasteiger partial charge in [0, 0.05) is 30.6 Å². The summed E-state index contributed by atoms with van der Waals surface area (Å²) in [6, 6.07) is 11.1. The molecule has 0 saturated carbocycles. The van der Waals surface area contributed by atoms with Crippen molar-refractivity contribution >= 4 is 26.6 Å². The third kappa shape index (κ3) is 5.45. The molecule has 0 heterocycles. The molecule has 26 heavy (non-hydrogen) atoms. The number of anilines is 1. The molecular weight excluding hydrogens is 346 g/mol. The van der Waals surface area contributed by atoms with Crippen LogP contribution in [0.15, 0.2) is 41.3 Å². The van der Waals surface area contributed by atoms with Crippen LogP contribution in [-0.4, -0.2) is 29.1 Å². The van der Waals surface area contributed by atoms with E-state index in [4.69, 9.17) is 4.18 Å². The Bertz CT molecular complexity index is 800. The zero-order chi connectivity index (χ0) is 19.0. The average Bonchev–Trinajstić information content (AvgIpc) is 2.62. The van der Waals surface area contributed by atoms with Crippen molar-refractivity contribution in [1.29, 1.82) is 0 Å². The number of fused-ring (bicyclic) bond motifs is 1. The molecule has 0 atom stereocenters. The maximum Gasteiger partial charge on any atom is 0.297 e. The van der Waals surface area contributed by atoms with Crippen molar-refractivity contribution in [3.05, 3.63) is 36.4 Å². The zero-order valence-electron chi connectivity index (χ0n) is 16.2. The Kier molecular flexibility index (Phi) is 7.91. The Morgan fingerprint density at radius 1 is 0.846 bits per heavy atom. The van der Waals surface area contributed by atoms with Crippen LogP contribution in [-0.2, 0) is 14.3 Å². The van der Waals surface area contributed by atoms with Crippen molar-refractivity contribution in [3.63, 3.8) is 0 Å². The van der Waals surface area contributed by atoms with Crippen molar-refractivity contribution in [3.8, 4) is 0 Å². The summed E-state index contributed by atoms with van der Waals surface area (Å²) in [5.41, 5.74) is 0.992. The molecule has 0 aliphatic rings. The molecule has 0 spiro atoms. The van der Waals surface area contributed by atoms with E-state index in [-0.39, 0.29) is 11.5 Å². The van der Waals surface area contributed by atoms with E-state index in [1.807, 2.05) is 43.3 Å². The first-order valence-electron chi connectivity index (χ1n) is 9.56. The molecule has 4 nitrogen and oxygen atoms in total. The minimum absolute atomic E-state index is 0.250. The lowest BCUT2D eigenvalue weighted by Crippen LogP contribution is -2.11. The highest BCUT2D eigenvalue weighted by Gasteiger charge is 2.19. The summed E-state index contributed by atoms with van der Waals surface area (Å²) in [5.74, 6) is 0. The minimum atomic E-state index is -3.75. The standard InChI is InChI=1S/C21H31NO3S/c1-4-5-6-7-8-9-10-17-25-26(23,24)21-16-12-13-18-19(21)14-11-15-20(18)22(2)3/h11-16H,4-10,17H2,1-3H3. The highest BCUT2D eigenvalue weighted by atomic mass is 32.2. The Balaban J connectivity index is 2.02. The van der Waals surface area contributed by atoms with Crippen molar-refractivity contribution in [2.75, 3.05) is 25.6 Å². The number of rotatable bonds is 11. The summed E-state index contributed by atoms with van der Waals surface area (Å²) in [7, 11) is 0.153. The number of benzene rings is 2. The fourth-order valence-electron chi connectivity index (χ4n) is 3.16. The van der Waals surface area contributed by atoms with E-state index in [1.165, 1.54) is 25.7 Å². The van der Waals surface area contributed by atoms with Gasteiger partial charge in [-0.15, -0.1) is 0 Å². The smallest absolute Gasteiger partial charge is 0.297 e. The average molecular weight is 378 g/mol. The summed E-state index contributed by atoms with van der Waals surface area (Å²) in [4.78, 5) is 2.24. The van der Waals surface area contributed by atoms with E-state index >= 15 is 0 Å². The SMILES string of the molecule is CCCCCCCCCOS(=O)(=O)c1cccc2c(N(C)C)cccc12. The zero-order valence-corrected chi connectivity index (χ0v) is 17.0. The van der Waals surface area contributed by atoms with Crippen LogP contribution < -0.4 is 4.90 Å². The maximum atomic E-state index is 12.7. The van der Waals surface area contributed by atoms with Crippen molar-refractivity contribution in [1.82, 2.24) is 0 Å². The van der Waals surface area contributed by atoms with Gasteiger partial charge < -0.3 is 4.90 Å². The quantitative estimate of drug-likeness (QED) is 0.390.